The summed E-state index contributed by atoms with van der Waals surface area (Å²) in [5.41, 5.74) is 7.40. The van der Waals surface area contributed by atoms with Crippen molar-refractivity contribution < 1.29 is 22.7 Å². The summed E-state index contributed by atoms with van der Waals surface area (Å²) < 4.78 is 40.1. The first-order valence-electron chi connectivity index (χ1n) is 5.59. The molecule has 0 radical (unpaired) electrons. The van der Waals surface area contributed by atoms with Gasteiger partial charge in [-0.3, -0.25) is 4.79 Å². The van der Waals surface area contributed by atoms with Crippen molar-refractivity contribution in [1.82, 2.24) is 0 Å². The Morgan fingerprint density at radius 3 is 2.74 bits per heavy atom. The number of nitrogen functional groups attached to an aromatic ring is 1. The van der Waals surface area contributed by atoms with Gasteiger partial charge in [-0.2, -0.15) is 13.2 Å². The van der Waals surface area contributed by atoms with Gasteiger partial charge in [0.15, 0.2) is 0 Å². The van der Waals surface area contributed by atoms with Gasteiger partial charge in [-0.15, -0.1) is 0 Å². The van der Waals surface area contributed by atoms with Crippen molar-refractivity contribution in [3.63, 3.8) is 0 Å². The van der Waals surface area contributed by atoms with Crippen LogP contribution in [0, 0.1) is 6.92 Å². The van der Waals surface area contributed by atoms with Crippen LogP contribution in [0.3, 0.4) is 0 Å². The number of benzene rings is 1. The predicted octanol–water partition coefficient (Wildman–Crippen LogP) is 2.48. The lowest BCUT2D eigenvalue weighted by Gasteiger charge is -2.11. The highest BCUT2D eigenvalue weighted by Gasteiger charge is 2.26. The highest BCUT2D eigenvalue weighted by molar-refractivity contribution is 5.93. The van der Waals surface area contributed by atoms with Crippen LogP contribution in [-0.2, 0) is 9.53 Å². The highest BCUT2D eigenvalue weighted by Crippen LogP contribution is 2.20. The quantitative estimate of drug-likeness (QED) is 0.641. The average molecular weight is 276 g/mol. The Morgan fingerprint density at radius 2 is 2.11 bits per heavy atom. The normalized spacial score (nSPS) is 11.4. The fourth-order valence-electron chi connectivity index (χ4n) is 1.33. The molecular formula is C12H15F3N2O2. The van der Waals surface area contributed by atoms with Crippen LogP contribution >= 0.6 is 0 Å². The molecule has 4 nitrogen and oxygen atoms in total. The van der Waals surface area contributed by atoms with Gasteiger partial charge in [0.2, 0.25) is 5.91 Å². The van der Waals surface area contributed by atoms with Crippen LogP contribution in [0.25, 0.3) is 0 Å². The van der Waals surface area contributed by atoms with Gasteiger partial charge < -0.3 is 15.8 Å². The topological polar surface area (TPSA) is 64.3 Å². The van der Waals surface area contributed by atoms with Crippen molar-refractivity contribution in [1.29, 1.82) is 0 Å². The minimum Gasteiger partial charge on any atom is -0.398 e. The molecule has 0 heterocycles. The summed E-state index contributed by atoms with van der Waals surface area (Å²) in [4.78, 5) is 11.4. The molecule has 0 aliphatic carbocycles. The van der Waals surface area contributed by atoms with Crippen molar-refractivity contribution >= 4 is 17.3 Å². The van der Waals surface area contributed by atoms with E-state index in [0.29, 0.717) is 16.9 Å². The molecule has 1 aromatic rings. The molecule has 106 valence electrons. The molecule has 0 spiro atoms. The molecule has 0 fully saturated rings. The fraction of sp³-hybridized carbons (Fsp3) is 0.417. The number of carbonyl (C=O) groups is 1. The van der Waals surface area contributed by atoms with Gasteiger partial charge in [-0.05, 0) is 24.6 Å². The third-order valence-corrected chi connectivity index (χ3v) is 2.41. The average Bonchev–Trinajstić information content (AvgIpc) is 2.29. The van der Waals surface area contributed by atoms with Crippen LogP contribution in [0.1, 0.15) is 12.0 Å². The largest absolute Gasteiger partial charge is 0.398 e. The number of nitrogens with two attached hydrogens (primary N) is 1. The van der Waals surface area contributed by atoms with E-state index in [9.17, 15) is 18.0 Å². The second-order valence-electron chi connectivity index (χ2n) is 3.99. The Balaban J connectivity index is 2.38. The van der Waals surface area contributed by atoms with Gasteiger partial charge in [-0.25, -0.2) is 0 Å². The second-order valence-corrected chi connectivity index (χ2v) is 3.99. The first kappa shape index (κ1) is 15.3. The van der Waals surface area contributed by atoms with Crippen molar-refractivity contribution in [3.05, 3.63) is 23.8 Å². The van der Waals surface area contributed by atoms with E-state index in [1.807, 2.05) is 0 Å². The van der Waals surface area contributed by atoms with Crippen LogP contribution in [-0.4, -0.2) is 25.3 Å². The minimum atomic E-state index is -4.28. The van der Waals surface area contributed by atoms with E-state index in [0.717, 1.165) is 0 Å². The molecule has 3 N–H and O–H groups in total. The van der Waals surface area contributed by atoms with Gasteiger partial charge >= 0.3 is 6.18 Å². The molecule has 0 atom stereocenters. The molecule has 7 heteroatoms. The Kier molecular flexibility index (Phi) is 5.17. The first-order chi connectivity index (χ1) is 8.79. The van der Waals surface area contributed by atoms with Crippen LogP contribution in [0.15, 0.2) is 18.2 Å². The van der Waals surface area contributed by atoms with E-state index in [4.69, 9.17) is 5.73 Å². The predicted molar refractivity (Wildman–Crippen MR) is 65.7 cm³/mol. The fourth-order valence-corrected chi connectivity index (χ4v) is 1.33. The number of hydrogen-bond donors (Lipinski definition) is 2. The lowest BCUT2D eigenvalue weighted by atomic mass is 10.1. The molecule has 1 aromatic carbocycles. The maximum Gasteiger partial charge on any atom is 0.391 e. The van der Waals surface area contributed by atoms with Crippen molar-refractivity contribution in [2.24, 2.45) is 0 Å². The van der Waals surface area contributed by atoms with E-state index < -0.39 is 31.7 Å². The van der Waals surface area contributed by atoms with Crippen molar-refractivity contribution in [2.75, 3.05) is 24.3 Å². The number of alkyl halides is 3. The van der Waals surface area contributed by atoms with Gasteiger partial charge in [0, 0.05) is 11.4 Å². The van der Waals surface area contributed by atoms with E-state index in [2.05, 4.69) is 10.1 Å². The summed E-state index contributed by atoms with van der Waals surface area (Å²) in [6.45, 7) is 0.770. The second kappa shape index (κ2) is 6.42. The Hall–Kier alpha value is -1.76. The van der Waals surface area contributed by atoms with Crippen LogP contribution in [0.5, 0.6) is 0 Å². The number of rotatable bonds is 5. The van der Waals surface area contributed by atoms with Crippen LogP contribution in [0.4, 0.5) is 24.5 Å². The Morgan fingerprint density at radius 1 is 1.42 bits per heavy atom. The maximum absolute atomic E-state index is 11.8. The maximum atomic E-state index is 11.8. The molecule has 0 aliphatic heterocycles. The third kappa shape index (κ3) is 5.60. The molecule has 0 aliphatic rings. The van der Waals surface area contributed by atoms with Gasteiger partial charge in [0.1, 0.15) is 6.61 Å². The van der Waals surface area contributed by atoms with E-state index in [1.165, 1.54) is 0 Å². The standard InChI is InChI=1S/C12H15F3N2O2/c1-8-9(16)3-2-4-10(8)17-11(18)7-19-6-5-12(13,14)15/h2-4H,5-7,16H2,1H3,(H,17,18). The number of ether oxygens (including phenoxy) is 1. The lowest BCUT2D eigenvalue weighted by molar-refractivity contribution is -0.147. The molecule has 1 rings (SSSR count). The van der Waals surface area contributed by atoms with E-state index in [1.54, 1.807) is 25.1 Å². The third-order valence-electron chi connectivity index (χ3n) is 2.41. The number of nitrogens with one attached hydrogen (secondary N) is 1. The summed E-state index contributed by atoms with van der Waals surface area (Å²) in [7, 11) is 0. The molecule has 0 saturated heterocycles. The summed E-state index contributed by atoms with van der Waals surface area (Å²) in [5.74, 6) is -0.518. The highest BCUT2D eigenvalue weighted by atomic mass is 19.4. The van der Waals surface area contributed by atoms with E-state index >= 15 is 0 Å². The number of halogens is 3. The molecular weight excluding hydrogens is 261 g/mol. The zero-order chi connectivity index (χ0) is 14.5. The van der Waals surface area contributed by atoms with E-state index in [-0.39, 0.29) is 0 Å². The number of carbonyl (C=O) groups excluding carboxylic acids is 1. The summed E-state index contributed by atoms with van der Waals surface area (Å²) in [5, 5.41) is 2.52. The van der Waals surface area contributed by atoms with Gasteiger partial charge in [0.05, 0.1) is 13.0 Å². The van der Waals surface area contributed by atoms with Crippen LogP contribution < -0.4 is 11.1 Å². The summed E-state index contributed by atoms with van der Waals surface area (Å²) in [6.07, 6.45) is -5.35. The zero-order valence-corrected chi connectivity index (χ0v) is 10.4. The number of hydrogen-bond acceptors (Lipinski definition) is 3. The monoisotopic (exact) mass is 276 g/mol. The van der Waals surface area contributed by atoms with Crippen molar-refractivity contribution in [3.8, 4) is 0 Å². The zero-order valence-electron chi connectivity index (χ0n) is 10.4. The molecule has 1 amide bonds. The summed E-state index contributed by atoms with van der Waals surface area (Å²) >= 11 is 0. The van der Waals surface area contributed by atoms with Gasteiger partial charge in [-0.1, -0.05) is 6.07 Å². The Bertz CT molecular complexity index is 447. The summed E-state index contributed by atoms with van der Waals surface area (Å²) in [6, 6.07) is 5.01. The lowest BCUT2D eigenvalue weighted by Crippen LogP contribution is -2.21. The number of amides is 1. The van der Waals surface area contributed by atoms with Crippen LogP contribution in [0.2, 0.25) is 0 Å². The molecule has 0 bridgehead atoms. The molecule has 0 saturated carbocycles. The first-order valence-corrected chi connectivity index (χ1v) is 5.59. The smallest absolute Gasteiger partial charge is 0.391 e. The minimum absolute atomic E-state index is 0.426. The Labute approximate surface area is 108 Å². The van der Waals surface area contributed by atoms with Gasteiger partial charge in [0.25, 0.3) is 0 Å². The van der Waals surface area contributed by atoms with Crippen molar-refractivity contribution in [2.45, 2.75) is 19.5 Å². The molecule has 0 aromatic heterocycles. The SMILES string of the molecule is Cc1c(N)cccc1NC(=O)COCCC(F)(F)F. The number of anilines is 2. The molecule has 0 unspecified atom stereocenters. The molecule has 19 heavy (non-hydrogen) atoms.